The molecule has 0 fully saturated rings. The number of hydrogen-bond acceptors (Lipinski definition) is 5. The van der Waals surface area contributed by atoms with Crippen LogP contribution in [0.15, 0.2) is 36.4 Å². The van der Waals surface area contributed by atoms with Gasteiger partial charge in [0.05, 0.1) is 5.02 Å². The van der Waals surface area contributed by atoms with Crippen molar-refractivity contribution < 1.29 is 19.1 Å². The summed E-state index contributed by atoms with van der Waals surface area (Å²) in [5.41, 5.74) is 3.46. The van der Waals surface area contributed by atoms with Gasteiger partial charge in [0, 0.05) is 15.6 Å². The fraction of sp³-hybridized carbons (Fsp3) is 0.227. The predicted octanol–water partition coefficient (Wildman–Crippen LogP) is 4.64. The monoisotopic (exact) mass is 429 g/mol. The number of carbonyl (C=O) groups excluding carboxylic acids is 3. The maximum absolute atomic E-state index is 12.4. The highest BCUT2D eigenvalue weighted by Crippen LogP contribution is 2.34. The molecule has 0 aliphatic heterocycles. The Labute approximate surface area is 177 Å². The highest BCUT2D eigenvalue weighted by Gasteiger charge is 2.18. The second-order valence-corrected chi connectivity index (χ2v) is 8.19. The van der Waals surface area contributed by atoms with E-state index in [1.165, 1.54) is 11.3 Å². The van der Waals surface area contributed by atoms with Crippen LogP contribution in [-0.4, -0.2) is 30.8 Å². The topological polar surface area (TPSA) is 72.5 Å². The van der Waals surface area contributed by atoms with Crippen LogP contribution in [0.4, 0.5) is 0 Å². The van der Waals surface area contributed by atoms with Gasteiger partial charge in [-0.15, -0.1) is 11.3 Å². The van der Waals surface area contributed by atoms with Crippen molar-refractivity contribution >= 4 is 50.7 Å². The highest BCUT2D eigenvalue weighted by molar-refractivity contribution is 7.21. The van der Waals surface area contributed by atoms with Gasteiger partial charge in [0.15, 0.2) is 6.61 Å². The molecule has 29 heavy (non-hydrogen) atoms. The van der Waals surface area contributed by atoms with E-state index in [4.69, 9.17) is 16.3 Å². The predicted molar refractivity (Wildman–Crippen MR) is 115 cm³/mol. The van der Waals surface area contributed by atoms with Gasteiger partial charge in [-0.3, -0.25) is 14.4 Å². The number of rotatable bonds is 6. The molecule has 0 aliphatic carbocycles. The third kappa shape index (κ3) is 4.66. The van der Waals surface area contributed by atoms with Crippen molar-refractivity contribution in [2.45, 2.75) is 20.8 Å². The average Bonchev–Trinajstić information content (AvgIpc) is 3.04. The molecule has 1 amide bonds. The SMILES string of the molecule is Cc1cc(C)c(C(=O)COC(=O)CNC(=O)c2sc3ccccc3c2Cl)cc1C. The quantitative estimate of drug-likeness (QED) is 0.457. The molecule has 3 aromatic rings. The normalized spacial score (nSPS) is 10.8. The third-order valence-electron chi connectivity index (χ3n) is 4.64. The Balaban J connectivity index is 1.56. The lowest BCUT2D eigenvalue weighted by atomic mass is 9.98. The van der Waals surface area contributed by atoms with Crippen LogP contribution in [0.2, 0.25) is 5.02 Å². The lowest BCUT2D eigenvalue weighted by Crippen LogP contribution is -2.31. The highest BCUT2D eigenvalue weighted by atomic mass is 35.5. The van der Waals surface area contributed by atoms with Crippen molar-refractivity contribution in [3.63, 3.8) is 0 Å². The lowest BCUT2D eigenvalue weighted by Gasteiger charge is -2.10. The molecule has 0 unspecified atom stereocenters. The first kappa shape index (κ1) is 21.0. The number of thiophene rings is 1. The van der Waals surface area contributed by atoms with Crippen molar-refractivity contribution in [1.82, 2.24) is 5.32 Å². The summed E-state index contributed by atoms with van der Waals surface area (Å²) < 4.78 is 5.91. The van der Waals surface area contributed by atoms with E-state index in [2.05, 4.69) is 5.32 Å². The minimum atomic E-state index is -0.689. The maximum atomic E-state index is 12.4. The van der Waals surface area contributed by atoms with Crippen molar-refractivity contribution in [1.29, 1.82) is 0 Å². The van der Waals surface area contributed by atoms with Gasteiger partial charge in [-0.2, -0.15) is 0 Å². The van der Waals surface area contributed by atoms with Crippen LogP contribution < -0.4 is 5.32 Å². The molecular formula is C22H20ClNO4S. The summed E-state index contributed by atoms with van der Waals surface area (Å²) in [6.45, 7) is 5.02. The molecule has 0 radical (unpaired) electrons. The molecule has 0 atom stereocenters. The summed E-state index contributed by atoms with van der Waals surface area (Å²) in [6.07, 6.45) is 0. The fourth-order valence-corrected chi connectivity index (χ4v) is 4.36. The number of ether oxygens (including phenoxy) is 1. The minimum Gasteiger partial charge on any atom is -0.456 e. The number of hydrogen-bond donors (Lipinski definition) is 1. The first-order valence-corrected chi connectivity index (χ1v) is 10.2. The second kappa shape index (κ2) is 8.76. The number of esters is 1. The first-order valence-electron chi connectivity index (χ1n) is 9.00. The number of aryl methyl sites for hydroxylation is 3. The Morgan fingerprint density at radius 3 is 2.45 bits per heavy atom. The smallest absolute Gasteiger partial charge is 0.325 e. The maximum Gasteiger partial charge on any atom is 0.325 e. The van der Waals surface area contributed by atoms with Crippen LogP contribution in [0.5, 0.6) is 0 Å². The van der Waals surface area contributed by atoms with Crippen molar-refractivity contribution in [3.05, 3.63) is 68.6 Å². The minimum absolute atomic E-state index is 0.280. The van der Waals surface area contributed by atoms with E-state index in [0.29, 0.717) is 15.5 Å². The molecule has 0 aliphatic rings. The molecule has 1 heterocycles. The van der Waals surface area contributed by atoms with Crippen molar-refractivity contribution in [2.24, 2.45) is 0 Å². The number of fused-ring (bicyclic) bond motifs is 1. The van der Waals surface area contributed by atoms with Crippen LogP contribution in [0.25, 0.3) is 10.1 Å². The summed E-state index contributed by atoms with van der Waals surface area (Å²) in [5.74, 6) is -1.42. The Kier molecular flexibility index (Phi) is 6.35. The molecule has 0 spiro atoms. The van der Waals surface area contributed by atoms with E-state index >= 15 is 0 Å². The van der Waals surface area contributed by atoms with Gasteiger partial charge in [0.1, 0.15) is 11.4 Å². The van der Waals surface area contributed by atoms with Gasteiger partial charge < -0.3 is 10.1 Å². The number of amides is 1. The Bertz CT molecular complexity index is 1120. The fourth-order valence-electron chi connectivity index (χ4n) is 2.93. The average molecular weight is 430 g/mol. The zero-order valence-corrected chi connectivity index (χ0v) is 17.9. The largest absolute Gasteiger partial charge is 0.456 e. The number of Topliss-reactive ketones (excluding diaryl/α,β-unsaturated/α-hetero) is 1. The molecule has 1 aromatic heterocycles. The Morgan fingerprint density at radius 1 is 1.03 bits per heavy atom. The van der Waals surface area contributed by atoms with Crippen LogP contribution >= 0.6 is 22.9 Å². The molecule has 150 valence electrons. The zero-order valence-electron chi connectivity index (χ0n) is 16.3. The molecule has 0 bridgehead atoms. The van der Waals surface area contributed by atoms with E-state index in [1.807, 2.05) is 51.1 Å². The first-order chi connectivity index (χ1) is 13.8. The Hall–Kier alpha value is -2.70. The molecule has 0 saturated heterocycles. The number of benzene rings is 2. The summed E-state index contributed by atoms with van der Waals surface area (Å²) in [6, 6.07) is 11.1. The molecule has 0 saturated carbocycles. The van der Waals surface area contributed by atoms with Gasteiger partial charge in [-0.05, 0) is 49.6 Å². The molecular weight excluding hydrogens is 410 g/mol. The van der Waals surface area contributed by atoms with E-state index in [0.717, 1.165) is 26.8 Å². The second-order valence-electron chi connectivity index (χ2n) is 6.76. The van der Waals surface area contributed by atoms with Crippen LogP contribution in [0.3, 0.4) is 0 Å². The number of carbonyl (C=O) groups is 3. The van der Waals surface area contributed by atoms with Crippen molar-refractivity contribution in [2.75, 3.05) is 13.2 Å². The summed E-state index contributed by atoms with van der Waals surface area (Å²) >= 11 is 7.52. The van der Waals surface area contributed by atoms with Crippen LogP contribution in [0, 0.1) is 20.8 Å². The van der Waals surface area contributed by atoms with Crippen LogP contribution in [0.1, 0.15) is 36.7 Å². The van der Waals surface area contributed by atoms with Gasteiger partial charge in [0.2, 0.25) is 5.78 Å². The van der Waals surface area contributed by atoms with Crippen LogP contribution in [-0.2, 0) is 9.53 Å². The van der Waals surface area contributed by atoms with Gasteiger partial charge in [-0.1, -0.05) is 35.9 Å². The summed E-state index contributed by atoms with van der Waals surface area (Å²) in [4.78, 5) is 37.0. The lowest BCUT2D eigenvalue weighted by molar-refractivity contribution is -0.141. The number of ketones is 1. The molecule has 1 N–H and O–H groups in total. The number of nitrogens with one attached hydrogen (secondary N) is 1. The van der Waals surface area contributed by atoms with E-state index in [-0.39, 0.29) is 18.9 Å². The summed E-state index contributed by atoms with van der Waals surface area (Å²) in [7, 11) is 0. The Morgan fingerprint density at radius 2 is 1.72 bits per heavy atom. The van der Waals surface area contributed by atoms with Gasteiger partial charge >= 0.3 is 5.97 Å². The van der Waals surface area contributed by atoms with Gasteiger partial charge in [0.25, 0.3) is 5.91 Å². The zero-order chi connectivity index (χ0) is 21.1. The molecule has 3 rings (SSSR count). The van der Waals surface area contributed by atoms with E-state index in [9.17, 15) is 14.4 Å². The molecule has 5 nitrogen and oxygen atoms in total. The third-order valence-corrected chi connectivity index (χ3v) is 6.31. The molecule has 2 aromatic carbocycles. The standard InChI is InChI=1S/C22H20ClNO4S/c1-12-8-14(3)16(9-13(12)2)17(25)11-28-19(26)10-24-22(27)21-20(23)15-6-4-5-7-18(15)29-21/h4-9H,10-11H2,1-3H3,(H,24,27). The molecule has 7 heteroatoms. The summed E-state index contributed by atoms with van der Waals surface area (Å²) in [5, 5.41) is 3.64. The number of halogens is 1. The van der Waals surface area contributed by atoms with E-state index < -0.39 is 11.9 Å². The van der Waals surface area contributed by atoms with Crippen molar-refractivity contribution in [3.8, 4) is 0 Å². The van der Waals surface area contributed by atoms with Gasteiger partial charge in [-0.25, -0.2) is 0 Å². The van der Waals surface area contributed by atoms with E-state index in [1.54, 1.807) is 6.07 Å².